The van der Waals surface area contributed by atoms with Crippen molar-refractivity contribution in [3.63, 3.8) is 0 Å². The number of rotatable bonds is 3. The van der Waals surface area contributed by atoms with E-state index >= 15 is 0 Å². The summed E-state index contributed by atoms with van der Waals surface area (Å²) in [5, 5.41) is 12.6. The maximum atomic E-state index is 4.13. The largest absolute Gasteiger partial charge is 0.316 e. The fourth-order valence-electron chi connectivity index (χ4n) is 1.56. The lowest BCUT2D eigenvalue weighted by atomic mass is 10.2. The van der Waals surface area contributed by atoms with E-state index in [0.717, 1.165) is 29.2 Å². The van der Waals surface area contributed by atoms with Crippen molar-refractivity contribution < 1.29 is 0 Å². The topological polar surface area (TPSA) is 42.7 Å². The summed E-state index contributed by atoms with van der Waals surface area (Å²) >= 11 is 1.81. The van der Waals surface area contributed by atoms with E-state index in [1.54, 1.807) is 0 Å². The monoisotopic (exact) mass is 212 g/mol. The van der Waals surface area contributed by atoms with Crippen molar-refractivity contribution in [1.82, 2.24) is 20.1 Å². The molecule has 0 aromatic carbocycles. The molecule has 1 aromatic heterocycles. The van der Waals surface area contributed by atoms with Crippen LogP contribution in [0.1, 0.15) is 12.2 Å². The molecule has 1 aliphatic heterocycles. The summed E-state index contributed by atoms with van der Waals surface area (Å²) < 4.78 is 2.05. The number of nitrogens with zero attached hydrogens (tertiary/aromatic N) is 3. The van der Waals surface area contributed by atoms with E-state index in [1.807, 2.05) is 30.3 Å². The van der Waals surface area contributed by atoms with Crippen LogP contribution in [0, 0.1) is 12.8 Å². The number of hydrogen-bond acceptors (Lipinski definition) is 4. The molecular formula is C9H16N4S. The molecule has 5 heteroatoms. The highest BCUT2D eigenvalue weighted by Crippen LogP contribution is 2.21. The Balaban J connectivity index is 1.88. The van der Waals surface area contributed by atoms with Gasteiger partial charge in [0.05, 0.1) is 0 Å². The zero-order valence-corrected chi connectivity index (χ0v) is 9.47. The summed E-state index contributed by atoms with van der Waals surface area (Å²) in [6.07, 6.45) is 1.30. The third-order valence-electron chi connectivity index (χ3n) is 2.66. The van der Waals surface area contributed by atoms with E-state index in [0.29, 0.717) is 0 Å². The van der Waals surface area contributed by atoms with Gasteiger partial charge in [-0.2, -0.15) is 0 Å². The first-order valence-corrected chi connectivity index (χ1v) is 5.95. The molecule has 0 bridgehead atoms. The average molecular weight is 212 g/mol. The van der Waals surface area contributed by atoms with Crippen molar-refractivity contribution in [2.24, 2.45) is 13.0 Å². The molecule has 1 saturated heterocycles. The van der Waals surface area contributed by atoms with Gasteiger partial charge in [0, 0.05) is 12.8 Å². The SMILES string of the molecule is Cc1nnc(SCC2CCNC2)n1C. The van der Waals surface area contributed by atoms with Gasteiger partial charge < -0.3 is 9.88 Å². The summed E-state index contributed by atoms with van der Waals surface area (Å²) in [6.45, 7) is 4.31. The number of thioether (sulfide) groups is 1. The standard InChI is InChI=1S/C9H16N4S/c1-7-11-12-9(13(7)2)14-6-8-3-4-10-5-8/h8,10H,3-6H2,1-2H3. The van der Waals surface area contributed by atoms with E-state index < -0.39 is 0 Å². The van der Waals surface area contributed by atoms with E-state index in [4.69, 9.17) is 0 Å². The maximum absolute atomic E-state index is 4.13. The number of hydrogen-bond donors (Lipinski definition) is 1. The third-order valence-corrected chi connectivity index (χ3v) is 3.91. The van der Waals surface area contributed by atoms with Crippen LogP contribution in [0.4, 0.5) is 0 Å². The van der Waals surface area contributed by atoms with Gasteiger partial charge in [-0.25, -0.2) is 0 Å². The second-order valence-electron chi connectivity index (χ2n) is 3.76. The molecule has 0 aliphatic carbocycles. The molecule has 4 nitrogen and oxygen atoms in total. The molecule has 1 fully saturated rings. The minimum atomic E-state index is 0.803. The second kappa shape index (κ2) is 4.31. The number of aryl methyl sites for hydroxylation is 1. The summed E-state index contributed by atoms with van der Waals surface area (Å²) in [5.41, 5.74) is 0. The molecule has 0 spiro atoms. The van der Waals surface area contributed by atoms with Crippen LogP contribution in [0.5, 0.6) is 0 Å². The van der Waals surface area contributed by atoms with Gasteiger partial charge in [0.1, 0.15) is 5.82 Å². The van der Waals surface area contributed by atoms with Gasteiger partial charge in [0.2, 0.25) is 0 Å². The van der Waals surface area contributed by atoms with Gasteiger partial charge in [-0.05, 0) is 32.4 Å². The fourth-order valence-corrected chi connectivity index (χ4v) is 2.66. The Morgan fingerprint density at radius 3 is 3.00 bits per heavy atom. The predicted octanol–water partition coefficient (Wildman–Crippen LogP) is 0.825. The lowest BCUT2D eigenvalue weighted by molar-refractivity contribution is 0.659. The first-order valence-electron chi connectivity index (χ1n) is 4.97. The average Bonchev–Trinajstić information content (AvgIpc) is 2.77. The van der Waals surface area contributed by atoms with E-state index in [9.17, 15) is 0 Å². The van der Waals surface area contributed by atoms with Gasteiger partial charge in [0.15, 0.2) is 5.16 Å². The van der Waals surface area contributed by atoms with Crippen molar-refractivity contribution in [3.8, 4) is 0 Å². The molecule has 0 amide bonds. The molecular weight excluding hydrogens is 196 g/mol. The van der Waals surface area contributed by atoms with E-state index in [-0.39, 0.29) is 0 Å². The first kappa shape index (κ1) is 9.98. The quantitative estimate of drug-likeness (QED) is 0.754. The van der Waals surface area contributed by atoms with Crippen LogP contribution in [0.3, 0.4) is 0 Å². The number of nitrogens with one attached hydrogen (secondary N) is 1. The maximum Gasteiger partial charge on any atom is 0.190 e. The highest BCUT2D eigenvalue weighted by Gasteiger charge is 2.16. The molecule has 1 atom stereocenters. The highest BCUT2D eigenvalue weighted by molar-refractivity contribution is 7.99. The Morgan fingerprint density at radius 2 is 2.43 bits per heavy atom. The first-order chi connectivity index (χ1) is 6.77. The Labute approximate surface area is 88.5 Å². The van der Waals surface area contributed by atoms with Crippen molar-refractivity contribution in [1.29, 1.82) is 0 Å². The summed E-state index contributed by atoms with van der Waals surface area (Å²) in [7, 11) is 2.02. The van der Waals surface area contributed by atoms with Gasteiger partial charge in [0.25, 0.3) is 0 Å². The van der Waals surface area contributed by atoms with Crippen molar-refractivity contribution in [3.05, 3.63) is 5.82 Å². The van der Waals surface area contributed by atoms with Crippen LogP contribution >= 0.6 is 11.8 Å². The minimum absolute atomic E-state index is 0.803. The molecule has 2 rings (SSSR count). The lowest BCUT2D eigenvalue weighted by Gasteiger charge is -2.06. The summed E-state index contributed by atoms with van der Waals surface area (Å²) in [5.74, 6) is 2.94. The highest BCUT2D eigenvalue weighted by atomic mass is 32.2. The van der Waals surface area contributed by atoms with Crippen LogP contribution in [-0.2, 0) is 7.05 Å². The molecule has 1 aromatic rings. The normalized spacial score (nSPS) is 21.7. The Kier molecular flexibility index (Phi) is 3.08. The predicted molar refractivity (Wildman–Crippen MR) is 57.4 cm³/mol. The van der Waals surface area contributed by atoms with Gasteiger partial charge in [-0.3, -0.25) is 0 Å². The molecule has 2 heterocycles. The van der Waals surface area contributed by atoms with Gasteiger partial charge in [-0.15, -0.1) is 10.2 Å². The van der Waals surface area contributed by atoms with Crippen LogP contribution < -0.4 is 5.32 Å². The van der Waals surface area contributed by atoms with Gasteiger partial charge >= 0.3 is 0 Å². The lowest BCUT2D eigenvalue weighted by Crippen LogP contribution is -2.10. The fraction of sp³-hybridized carbons (Fsp3) is 0.778. The van der Waals surface area contributed by atoms with Gasteiger partial charge in [-0.1, -0.05) is 11.8 Å². The molecule has 14 heavy (non-hydrogen) atoms. The minimum Gasteiger partial charge on any atom is -0.316 e. The van der Waals surface area contributed by atoms with Crippen LogP contribution in [-0.4, -0.2) is 33.6 Å². The molecule has 1 aliphatic rings. The zero-order chi connectivity index (χ0) is 9.97. The number of aromatic nitrogens is 3. The van der Waals surface area contributed by atoms with Crippen LogP contribution in [0.25, 0.3) is 0 Å². The van der Waals surface area contributed by atoms with E-state index in [1.165, 1.54) is 13.0 Å². The molecule has 1 N–H and O–H groups in total. The Bertz CT molecular complexity index is 304. The van der Waals surface area contributed by atoms with Crippen molar-refractivity contribution in [2.75, 3.05) is 18.8 Å². The van der Waals surface area contributed by atoms with E-state index in [2.05, 4.69) is 15.5 Å². The van der Waals surface area contributed by atoms with Crippen LogP contribution in [0.2, 0.25) is 0 Å². The molecule has 0 radical (unpaired) electrons. The summed E-state index contributed by atoms with van der Waals surface area (Å²) in [4.78, 5) is 0. The second-order valence-corrected chi connectivity index (χ2v) is 4.75. The Morgan fingerprint density at radius 1 is 1.57 bits per heavy atom. The summed E-state index contributed by atoms with van der Waals surface area (Å²) in [6, 6.07) is 0. The molecule has 78 valence electrons. The molecule has 1 unspecified atom stereocenters. The zero-order valence-electron chi connectivity index (χ0n) is 8.66. The van der Waals surface area contributed by atoms with Crippen LogP contribution in [0.15, 0.2) is 5.16 Å². The third kappa shape index (κ3) is 2.09. The molecule has 0 saturated carbocycles. The van der Waals surface area contributed by atoms with Crippen molar-refractivity contribution >= 4 is 11.8 Å². The van der Waals surface area contributed by atoms with Crippen molar-refractivity contribution in [2.45, 2.75) is 18.5 Å². The Hall–Kier alpha value is -0.550. The smallest absolute Gasteiger partial charge is 0.190 e.